The van der Waals surface area contributed by atoms with Crippen molar-refractivity contribution < 1.29 is 45.6 Å². The summed E-state index contributed by atoms with van der Waals surface area (Å²) >= 11 is 0. The number of rotatable bonds is 2. The fourth-order valence-corrected chi connectivity index (χ4v) is 1.82. The number of aliphatic hydroxyl groups excluding tert-OH is 6. The third-order valence-electron chi connectivity index (χ3n) is 2.97. The van der Waals surface area contributed by atoms with Crippen molar-refractivity contribution in [2.75, 3.05) is 0 Å². The molecule has 9 nitrogen and oxygen atoms in total. The monoisotopic (exact) mass is 254 g/mol. The molecule has 5 unspecified atom stereocenters. The first-order chi connectivity index (χ1) is 7.65. The van der Waals surface area contributed by atoms with E-state index in [0.29, 0.717) is 0 Å². The van der Waals surface area contributed by atoms with Crippen LogP contribution in [0.3, 0.4) is 0 Å². The molecule has 0 radical (unpaired) electrons. The largest absolute Gasteiger partial charge is 0.479 e. The lowest BCUT2D eigenvalue weighted by Crippen LogP contribution is -2.75. The molecule has 0 amide bonds. The van der Waals surface area contributed by atoms with Gasteiger partial charge in [0.15, 0.2) is 11.7 Å². The summed E-state index contributed by atoms with van der Waals surface area (Å²) in [6.07, 6.45) is -13.6. The average Bonchev–Trinajstić information content (AvgIpc) is 2.30. The zero-order chi connectivity index (χ0) is 13.5. The number of carbonyl (C=O) groups is 1. The smallest absolute Gasteiger partial charge is 0.335 e. The van der Waals surface area contributed by atoms with E-state index >= 15 is 0 Å². The van der Waals surface area contributed by atoms with E-state index in [0.717, 1.165) is 0 Å². The van der Waals surface area contributed by atoms with Gasteiger partial charge in [-0.2, -0.15) is 0 Å². The summed E-state index contributed by atoms with van der Waals surface area (Å²) in [4.78, 5) is 10.5. The summed E-state index contributed by atoms with van der Waals surface area (Å²) in [7, 11) is 0. The Morgan fingerprint density at radius 3 is 1.59 bits per heavy atom. The maximum atomic E-state index is 10.5. The molecule has 1 rings (SSSR count). The lowest BCUT2D eigenvalue weighted by molar-refractivity contribution is -0.291. The Hall–Kier alpha value is -0.810. The minimum atomic E-state index is -3.09. The molecule has 8 N–H and O–H groups in total. The van der Waals surface area contributed by atoms with Crippen LogP contribution in [-0.4, -0.2) is 89.0 Å². The van der Waals surface area contributed by atoms with E-state index in [1.165, 1.54) is 0 Å². The standard InChI is InChI=1S/C8H14O9/c9-1-2(10)4(12)8(17,5(13)3(1)11)6(14)7(15)16/h1-6,9-14,17H,(H,15,16). The normalized spacial score (nSPS) is 48.8. The summed E-state index contributed by atoms with van der Waals surface area (Å²) in [5.41, 5.74) is -3.09. The predicted octanol–water partition coefficient (Wildman–Crippen LogP) is -5.02. The molecule has 1 aliphatic carbocycles. The van der Waals surface area contributed by atoms with Gasteiger partial charge in [-0.1, -0.05) is 0 Å². The fraction of sp³-hybridized carbons (Fsp3) is 0.875. The first-order valence-corrected chi connectivity index (χ1v) is 4.69. The molecular weight excluding hydrogens is 240 g/mol. The Morgan fingerprint density at radius 2 is 1.29 bits per heavy atom. The highest BCUT2D eigenvalue weighted by atomic mass is 16.5. The molecule has 0 saturated heterocycles. The van der Waals surface area contributed by atoms with E-state index in [1.807, 2.05) is 0 Å². The first-order valence-electron chi connectivity index (χ1n) is 4.69. The van der Waals surface area contributed by atoms with Crippen molar-refractivity contribution in [3.05, 3.63) is 0 Å². The lowest BCUT2D eigenvalue weighted by Gasteiger charge is -2.48. The Morgan fingerprint density at radius 1 is 0.941 bits per heavy atom. The minimum absolute atomic E-state index is 1.97. The van der Waals surface area contributed by atoms with Crippen LogP contribution in [0, 0.1) is 0 Å². The molecule has 0 aromatic rings. The SMILES string of the molecule is O=C(O)C(O)C1(O)C(O)C(O)C(O)C(O)C1O. The molecule has 1 saturated carbocycles. The Labute approximate surface area is 94.8 Å². The van der Waals surface area contributed by atoms with Gasteiger partial charge in [-0.3, -0.25) is 0 Å². The zero-order valence-electron chi connectivity index (χ0n) is 8.45. The Bertz CT molecular complexity index is 289. The second-order valence-electron chi connectivity index (χ2n) is 3.99. The third kappa shape index (κ3) is 1.91. The molecule has 9 heteroatoms. The number of carboxylic acids is 1. The minimum Gasteiger partial charge on any atom is -0.479 e. The van der Waals surface area contributed by atoms with Gasteiger partial charge in [0.2, 0.25) is 0 Å². The average molecular weight is 254 g/mol. The summed E-state index contributed by atoms with van der Waals surface area (Å²) in [6.45, 7) is 0. The van der Waals surface area contributed by atoms with E-state index < -0.39 is 48.2 Å². The van der Waals surface area contributed by atoms with E-state index in [9.17, 15) is 40.5 Å². The molecule has 0 aromatic heterocycles. The van der Waals surface area contributed by atoms with Gasteiger partial charge in [0.25, 0.3) is 0 Å². The van der Waals surface area contributed by atoms with E-state index in [2.05, 4.69) is 0 Å². The summed E-state index contributed by atoms with van der Waals surface area (Å²) in [5, 5.41) is 74.0. The molecule has 1 aliphatic rings. The van der Waals surface area contributed by atoms with Crippen LogP contribution < -0.4 is 0 Å². The van der Waals surface area contributed by atoms with Gasteiger partial charge in [-0.25, -0.2) is 4.79 Å². The molecule has 0 aliphatic heterocycles. The molecule has 0 spiro atoms. The summed E-state index contributed by atoms with van der Waals surface area (Å²) in [6, 6.07) is 0. The molecule has 0 aromatic carbocycles. The topological polar surface area (TPSA) is 179 Å². The highest BCUT2D eigenvalue weighted by Gasteiger charge is 2.62. The van der Waals surface area contributed by atoms with Crippen LogP contribution in [0.4, 0.5) is 0 Å². The maximum Gasteiger partial charge on any atom is 0.335 e. The number of carboxylic acid groups (broad SMARTS) is 1. The van der Waals surface area contributed by atoms with Crippen molar-refractivity contribution in [3.8, 4) is 0 Å². The molecule has 0 heterocycles. The second-order valence-corrected chi connectivity index (χ2v) is 3.99. The summed E-state index contributed by atoms with van der Waals surface area (Å²) in [5.74, 6) is -1.97. The van der Waals surface area contributed by atoms with E-state index in [-0.39, 0.29) is 0 Å². The highest BCUT2D eigenvalue weighted by molar-refractivity contribution is 5.74. The maximum absolute atomic E-state index is 10.5. The van der Waals surface area contributed by atoms with Gasteiger partial charge in [0.1, 0.15) is 30.5 Å². The van der Waals surface area contributed by atoms with Crippen molar-refractivity contribution in [1.29, 1.82) is 0 Å². The fourth-order valence-electron chi connectivity index (χ4n) is 1.82. The zero-order valence-corrected chi connectivity index (χ0v) is 8.45. The molecule has 1 fully saturated rings. The van der Waals surface area contributed by atoms with Crippen LogP contribution in [0.5, 0.6) is 0 Å². The van der Waals surface area contributed by atoms with Crippen molar-refractivity contribution in [3.63, 3.8) is 0 Å². The van der Waals surface area contributed by atoms with Crippen LogP contribution in [-0.2, 0) is 4.79 Å². The van der Waals surface area contributed by atoms with Gasteiger partial charge < -0.3 is 40.9 Å². The van der Waals surface area contributed by atoms with Crippen molar-refractivity contribution >= 4 is 5.97 Å². The lowest BCUT2D eigenvalue weighted by atomic mass is 9.72. The van der Waals surface area contributed by atoms with E-state index in [1.54, 1.807) is 0 Å². The van der Waals surface area contributed by atoms with Crippen LogP contribution in [0.15, 0.2) is 0 Å². The van der Waals surface area contributed by atoms with Gasteiger partial charge in [-0.15, -0.1) is 0 Å². The van der Waals surface area contributed by atoms with Gasteiger partial charge >= 0.3 is 5.97 Å². The first kappa shape index (κ1) is 14.3. The van der Waals surface area contributed by atoms with Gasteiger partial charge in [-0.05, 0) is 0 Å². The quantitative estimate of drug-likeness (QED) is 0.239. The van der Waals surface area contributed by atoms with Crippen molar-refractivity contribution in [2.24, 2.45) is 0 Å². The molecule has 17 heavy (non-hydrogen) atoms. The third-order valence-corrected chi connectivity index (χ3v) is 2.97. The molecule has 0 bridgehead atoms. The number of hydrogen-bond acceptors (Lipinski definition) is 8. The van der Waals surface area contributed by atoms with Crippen LogP contribution >= 0.6 is 0 Å². The van der Waals surface area contributed by atoms with Crippen LogP contribution in [0.25, 0.3) is 0 Å². The van der Waals surface area contributed by atoms with Crippen molar-refractivity contribution in [2.45, 2.75) is 42.2 Å². The Kier molecular flexibility index (Phi) is 3.74. The molecule has 5 atom stereocenters. The Balaban J connectivity index is 3.16. The highest BCUT2D eigenvalue weighted by Crippen LogP contribution is 2.33. The van der Waals surface area contributed by atoms with Gasteiger partial charge in [0, 0.05) is 0 Å². The number of aliphatic hydroxyl groups is 7. The number of aliphatic carboxylic acids is 1. The van der Waals surface area contributed by atoms with Gasteiger partial charge in [0.05, 0.1) is 0 Å². The number of hydrogen-bond donors (Lipinski definition) is 8. The summed E-state index contributed by atoms with van der Waals surface area (Å²) < 4.78 is 0. The van der Waals surface area contributed by atoms with E-state index in [4.69, 9.17) is 5.11 Å². The second kappa shape index (κ2) is 4.46. The predicted molar refractivity (Wildman–Crippen MR) is 48.6 cm³/mol. The molecule has 100 valence electrons. The van der Waals surface area contributed by atoms with Crippen LogP contribution in [0.1, 0.15) is 0 Å². The van der Waals surface area contributed by atoms with Crippen LogP contribution in [0.2, 0.25) is 0 Å². The molecular formula is C8H14O9. The van der Waals surface area contributed by atoms with Crippen molar-refractivity contribution in [1.82, 2.24) is 0 Å².